The SMILES string of the molecule is CC1CN(S(=O)(=O)N2CCCN(C(=O)Nc3cccc(Cl)c3)CC2)CC(C)O1. The summed E-state index contributed by atoms with van der Waals surface area (Å²) in [5, 5.41) is 3.36. The maximum absolute atomic E-state index is 13.1. The molecule has 1 aromatic carbocycles. The molecule has 2 atom stereocenters. The maximum atomic E-state index is 13.1. The molecule has 3 rings (SSSR count). The zero-order valence-corrected chi connectivity index (χ0v) is 17.7. The van der Waals surface area contributed by atoms with Gasteiger partial charge in [0.15, 0.2) is 0 Å². The zero-order chi connectivity index (χ0) is 20.3. The molecule has 0 radical (unpaired) electrons. The molecule has 1 N–H and O–H groups in total. The molecule has 2 amide bonds. The van der Waals surface area contributed by atoms with Crippen LogP contribution in [0.4, 0.5) is 10.5 Å². The lowest BCUT2D eigenvalue weighted by molar-refractivity contribution is -0.0454. The lowest BCUT2D eigenvalue weighted by Crippen LogP contribution is -2.53. The Hall–Kier alpha value is -1.39. The minimum atomic E-state index is -3.58. The second-order valence-electron chi connectivity index (χ2n) is 7.26. The number of carbonyl (C=O) groups is 1. The van der Waals surface area contributed by atoms with Crippen LogP contribution in [0.25, 0.3) is 0 Å². The first kappa shape index (κ1) is 21.3. The van der Waals surface area contributed by atoms with Crippen LogP contribution < -0.4 is 5.32 Å². The van der Waals surface area contributed by atoms with E-state index in [9.17, 15) is 13.2 Å². The van der Waals surface area contributed by atoms with E-state index in [1.165, 1.54) is 8.61 Å². The average molecular weight is 431 g/mol. The number of carbonyl (C=O) groups excluding carboxylic acids is 1. The fourth-order valence-electron chi connectivity index (χ4n) is 3.58. The third-order valence-electron chi connectivity index (χ3n) is 4.86. The summed E-state index contributed by atoms with van der Waals surface area (Å²) >= 11 is 5.95. The van der Waals surface area contributed by atoms with Crippen molar-refractivity contribution in [1.29, 1.82) is 0 Å². The molecule has 0 aliphatic carbocycles. The smallest absolute Gasteiger partial charge is 0.321 e. The highest BCUT2D eigenvalue weighted by atomic mass is 35.5. The third kappa shape index (κ3) is 5.15. The van der Waals surface area contributed by atoms with Gasteiger partial charge < -0.3 is 15.0 Å². The number of morpholine rings is 1. The summed E-state index contributed by atoms with van der Waals surface area (Å²) in [6.45, 7) is 5.94. The maximum Gasteiger partial charge on any atom is 0.321 e. The Labute approximate surface area is 171 Å². The van der Waals surface area contributed by atoms with Crippen molar-refractivity contribution in [1.82, 2.24) is 13.5 Å². The number of ether oxygens (including phenoxy) is 1. The molecule has 2 saturated heterocycles. The molecule has 0 saturated carbocycles. The number of nitrogens with one attached hydrogen (secondary N) is 1. The van der Waals surface area contributed by atoms with Crippen LogP contribution in [0.15, 0.2) is 24.3 Å². The minimum Gasteiger partial charge on any atom is -0.373 e. The Morgan fingerprint density at radius 2 is 1.82 bits per heavy atom. The van der Waals surface area contributed by atoms with Crippen LogP contribution in [0.5, 0.6) is 0 Å². The van der Waals surface area contributed by atoms with Gasteiger partial charge in [0.1, 0.15) is 0 Å². The highest BCUT2D eigenvalue weighted by Gasteiger charge is 2.36. The van der Waals surface area contributed by atoms with E-state index in [4.69, 9.17) is 16.3 Å². The van der Waals surface area contributed by atoms with Gasteiger partial charge in [-0.3, -0.25) is 0 Å². The monoisotopic (exact) mass is 430 g/mol. The van der Waals surface area contributed by atoms with Crippen LogP contribution >= 0.6 is 11.6 Å². The van der Waals surface area contributed by atoms with Crippen molar-refractivity contribution >= 4 is 33.5 Å². The first-order chi connectivity index (χ1) is 13.3. The molecule has 0 bridgehead atoms. The van der Waals surface area contributed by atoms with Gasteiger partial charge in [-0.25, -0.2) is 4.79 Å². The average Bonchev–Trinajstić information content (AvgIpc) is 2.87. The normalized spacial score (nSPS) is 25.3. The Morgan fingerprint density at radius 1 is 1.11 bits per heavy atom. The summed E-state index contributed by atoms with van der Waals surface area (Å²) in [4.78, 5) is 14.2. The molecule has 2 aliphatic heterocycles. The number of benzene rings is 1. The predicted molar refractivity (Wildman–Crippen MR) is 109 cm³/mol. The van der Waals surface area contributed by atoms with Crippen LogP contribution in [0, 0.1) is 0 Å². The summed E-state index contributed by atoms with van der Waals surface area (Å²) in [7, 11) is -3.58. The van der Waals surface area contributed by atoms with E-state index in [1.807, 2.05) is 13.8 Å². The topological polar surface area (TPSA) is 82.2 Å². The van der Waals surface area contributed by atoms with Gasteiger partial charge in [0.2, 0.25) is 0 Å². The number of amides is 2. The van der Waals surface area contributed by atoms with E-state index >= 15 is 0 Å². The van der Waals surface area contributed by atoms with Gasteiger partial charge in [-0.1, -0.05) is 17.7 Å². The zero-order valence-electron chi connectivity index (χ0n) is 16.2. The summed E-state index contributed by atoms with van der Waals surface area (Å²) in [5.74, 6) is 0. The van der Waals surface area contributed by atoms with E-state index in [-0.39, 0.29) is 24.8 Å². The molecule has 1 aromatic rings. The van der Waals surface area contributed by atoms with Gasteiger partial charge in [0.25, 0.3) is 10.2 Å². The number of halogens is 1. The van der Waals surface area contributed by atoms with E-state index in [2.05, 4.69) is 5.32 Å². The molecular formula is C18H27ClN4O4S. The Kier molecular flexibility index (Phi) is 6.82. The molecule has 10 heteroatoms. The van der Waals surface area contributed by atoms with E-state index in [0.717, 1.165) is 0 Å². The van der Waals surface area contributed by atoms with Gasteiger partial charge in [0.05, 0.1) is 12.2 Å². The van der Waals surface area contributed by atoms with Gasteiger partial charge in [-0.05, 0) is 38.5 Å². The lowest BCUT2D eigenvalue weighted by atomic mass is 10.3. The number of nitrogens with zero attached hydrogens (tertiary/aromatic N) is 3. The minimum absolute atomic E-state index is 0.134. The molecule has 2 aliphatic rings. The van der Waals surface area contributed by atoms with Crippen LogP contribution in [-0.2, 0) is 14.9 Å². The Balaban J connectivity index is 1.61. The highest BCUT2D eigenvalue weighted by Crippen LogP contribution is 2.20. The van der Waals surface area contributed by atoms with Crippen LogP contribution in [0.3, 0.4) is 0 Å². The molecule has 0 aromatic heterocycles. The predicted octanol–water partition coefficient (Wildman–Crippen LogP) is 2.23. The van der Waals surface area contributed by atoms with E-state index in [0.29, 0.717) is 49.9 Å². The number of hydrogen-bond acceptors (Lipinski definition) is 4. The summed E-state index contributed by atoms with van der Waals surface area (Å²) in [5.41, 5.74) is 0.613. The standard InChI is InChI=1S/C18H27ClN4O4S/c1-14-12-23(13-15(2)27-14)28(25,26)22-8-4-7-21(9-10-22)18(24)20-17-6-3-5-16(19)11-17/h3,5-6,11,14-15H,4,7-10,12-13H2,1-2H3,(H,20,24). The van der Waals surface area contributed by atoms with Crippen molar-refractivity contribution in [3.63, 3.8) is 0 Å². The van der Waals surface area contributed by atoms with Gasteiger partial charge in [0, 0.05) is 50.0 Å². The largest absolute Gasteiger partial charge is 0.373 e. The van der Waals surface area contributed by atoms with Crippen molar-refractivity contribution in [3.05, 3.63) is 29.3 Å². The fourth-order valence-corrected chi connectivity index (χ4v) is 5.56. The molecule has 8 nitrogen and oxygen atoms in total. The fraction of sp³-hybridized carbons (Fsp3) is 0.611. The van der Waals surface area contributed by atoms with Gasteiger partial charge in [-0.2, -0.15) is 17.0 Å². The second kappa shape index (κ2) is 8.96. The van der Waals surface area contributed by atoms with Crippen LogP contribution in [-0.4, -0.2) is 79.4 Å². The molecule has 2 fully saturated rings. The van der Waals surface area contributed by atoms with Gasteiger partial charge >= 0.3 is 6.03 Å². The first-order valence-corrected chi connectivity index (χ1v) is 11.3. The summed E-state index contributed by atoms with van der Waals surface area (Å²) in [6.07, 6.45) is 0.313. The van der Waals surface area contributed by atoms with Crippen LogP contribution in [0.1, 0.15) is 20.3 Å². The van der Waals surface area contributed by atoms with Crippen molar-refractivity contribution in [2.24, 2.45) is 0 Å². The van der Waals surface area contributed by atoms with Gasteiger partial charge in [-0.15, -0.1) is 0 Å². The quantitative estimate of drug-likeness (QED) is 0.797. The number of urea groups is 1. The summed E-state index contributed by atoms with van der Waals surface area (Å²) < 4.78 is 34.7. The van der Waals surface area contributed by atoms with Crippen LogP contribution in [0.2, 0.25) is 5.02 Å². The molecule has 156 valence electrons. The highest BCUT2D eigenvalue weighted by molar-refractivity contribution is 7.86. The first-order valence-electron chi connectivity index (χ1n) is 9.48. The number of anilines is 1. The lowest BCUT2D eigenvalue weighted by Gasteiger charge is -2.37. The molecule has 2 heterocycles. The third-order valence-corrected chi connectivity index (χ3v) is 7.06. The number of rotatable bonds is 3. The van der Waals surface area contributed by atoms with E-state index in [1.54, 1.807) is 29.2 Å². The summed E-state index contributed by atoms with van der Waals surface area (Å²) in [6, 6.07) is 6.68. The molecule has 28 heavy (non-hydrogen) atoms. The number of hydrogen-bond donors (Lipinski definition) is 1. The van der Waals surface area contributed by atoms with Crippen molar-refractivity contribution in [2.75, 3.05) is 44.6 Å². The van der Waals surface area contributed by atoms with Crippen molar-refractivity contribution in [3.8, 4) is 0 Å². The Bertz CT molecular complexity index is 797. The van der Waals surface area contributed by atoms with Crippen molar-refractivity contribution < 1.29 is 17.9 Å². The molecule has 2 unspecified atom stereocenters. The molecular weight excluding hydrogens is 404 g/mol. The van der Waals surface area contributed by atoms with E-state index < -0.39 is 10.2 Å². The molecule has 0 spiro atoms. The Morgan fingerprint density at radius 3 is 2.50 bits per heavy atom. The second-order valence-corrected chi connectivity index (χ2v) is 9.63. The van der Waals surface area contributed by atoms with Crippen molar-refractivity contribution in [2.45, 2.75) is 32.5 Å².